The zero-order chi connectivity index (χ0) is 11.3. The van der Waals surface area contributed by atoms with Crippen molar-refractivity contribution in [1.29, 1.82) is 0 Å². The van der Waals surface area contributed by atoms with Crippen molar-refractivity contribution >= 4 is 11.8 Å². The van der Waals surface area contributed by atoms with Gasteiger partial charge in [0.05, 0.1) is 6.61 Å². The summed E-state index contributed by atoms with van der Waals surface area (Å²) >= 11 is 0. The van der Waals surface area contributed by atoms with Gasteiger partial charge in [-0.2, -0.15) is 0 Å². The van der Waals surface area contributed by atoms with Gasteiger partial charge in [0.15, 0.2) is 0 Å². The molecule has 1 rings (SSSR count). The molecule has 15 heavy (non-hydrogen) atoms. The van der Waals surface area contributed by atoms with Gasteiger partial charge in [-0.1, -0.05) is 0 Å². The van der Waals surface area contributed by atoms with Crippen molar-refractivity contribution in [1.82, 2.24) is 10.2 Å². The SMILES string of the molecule is C[C@H](NC(=O)CCO)C(=O)N1CCCC1. The lowest BCUT2D eigenvalue weighted by molar-refractivity contribution is -0.135. The van der Waals surface area contributed by atoms with Crippen molar-refractivity contribution in [2.75, 3.05) is 19.7 Å². The molecule has 0 aromatic heterocycles. The second-order valence-corrected chi connectivity index (χ2v) is 3.80. The Morgan fingerprint density at radius 2 is 2.00 bits per heavy atom. The van der Waals surface area contributed by atoms with E-state index in [1.54, 1.807) is 11.8 Å². The normalized spacial score (nSPS) is 17.6. The summed E-state index contributed by atoms with van der Waals surface area (Å²) in [4.78, 5) is 24.6. The van der Waals surface area contributed by atoms with E-state index < -0.39 is 6.04 Å². The number of aliphatic hydroxyl groups is 1. The molecule has 86 valence electrons. The molecule has 1 aliphatic rings. The van der Waals surface area contributed by atoms with Crippen LogP contribution in [0.4, 0.5) is 0 Å². The minimum absolute atomic E-state index is 0.0289. The van der Waals surface area contributed by atoms with E-state index in [-0.39, 0.29) is 24.8 Å². The Balaban J connectivity index is 2.35. The number of hydrogen-bond donors (Lipinski definition) is 2. The molecule has 2 N–H and O–H groups in total. The maximum absolute atomic E-state index is 11.7. The van der Waals surface area contributed by atoms with Crippen LogP contribution in [0.2, 0.25) is 0 Å². The van der Waals surface area contributed by atoms with E-state index in [0.717, 1.165) is 25.9 Å². The number of hydrogen-bond acceptors (Lipinski definition) is 3. The molecule has 0 unspecified atom stereocenters. The molecule has 2 amide bonds. The van der Waals surface area contributed by atoms with Gasteiger partial charge in [0.25, 0.3) is 0 Å². The van der Waals surface area contributed by atoms with Crippen LogP contribution in [-0.2, 0) is 9.59 Å². The minimum Gasteiger partial charge on any atom is -0.396 e. The highest BCUT2D eigenvalue weighted by atomic mass is 16.3. The summed E-state index contributed by atoms with van der Waals surface area (Å²) < 4.78 is 0. The number of rotatable bonds is 4. The number of amides is 2. The van der Waals surface area contributed by atoms with Crippen LogP contribution in [0.5, 0.6) is 0 Å². The third kappa shape index (κ3) is 3.51. The smallest absolute Gasteiger partial charge is 0.244 e. The van der Waals surface area contributed by atoms with E-state index in [2.05, 4.69) is 5.32 Å². The number of nitrogens with one attached hydrogen (secondary N) is 1. The van der Waals surface area contributed by atoms with Crippen LogP contribution < -0.4 is 5.32 Å². The van der Waals surface area contributed by atoms with Crippen LogP contribution in [0.1, 0.15) is 26.2 Å². The lowest BCUT2D eigenvalue weighted by atomic mass is 10.2. The Labute approximate surface area is 89.4 Å². The fourth-order valence-electron chi connectivity index (χ4n) is 1.69. The zero-order valence-electron chi connectivity index (χ0n) is 9.03. The first-order chi connectivity index (χ1) is 7.15. The number of aliphatic hydroxyl groups excluding tert-OH is 1. The maximum Gasteiger partial charge on any atom is 0.244 e. The molecule has 5 nitrogen and oxygen atoms in total. The summed E-state index contributed by atoms with van der Waals surface area (Å²) in [6, 6.07) is -0.484. The van der Waals surface area contributed by atoms with Gasteiger partial charge in [-0.15, -0.1) is 0 Å². The Bertz CT molecular complexity index is 237. The molecule has 1 heterocycles. The summed E-state index contributed by atoms with van der Waals surface area (Å²) in [5.41, 5.74) is 0. The van der Waals surface area contributed by atoms with Gasteiger partial charge in [-0.25, -0.2) is 0 Å². The van der Waals surface area contributed by atoms with Crippen LogP contribution in [0.15, 0.2) is 0 Å². The van der Waals surface area contributed by atoms with Gasteiger partial charge in [0, 0.05) is 19.5 Å². The van der Waals surface area contributed by atoms with Crippen molar-refractivity contribution in [2.24, 2.45) is 0 Å². The highest BCUT2D eigenvalue weighted by Crippen LogP contribution is 2.08. The van der Waals surface area contributed by atoms with Crippen molar-refractivity contribution in [3.8, 4) is 0 Å². The number of carbonyl (C=O) groups is 2. The lowest BCUT2D eigenvalue weighted by Crippen LogP contribution is -2.46. The Morgan fingerprint density at radius 3 is 2.53 bits per heavy atom. The van der Waals surface area contributed by atoms with Crippen molar-refractivity contribution in [2.45, 2.75) is 32.2 Å². The molecule has 0 aromatic carbocycles. The van der Waals surface area contributed by atoms with Crippen LogP contribution in [0, 0.1) is 0 Å². The molecule has 5 heteroatoms. The van der Waals surface area contributed by atoms with E-state index >= 15 is 0 Å². The summed E-state index contributed by atoms with van der Waals surface area (Å²) in [6.07, 6.45) is 2.14. The molecule has 1 atom stereocenters. The van der Waals surface area contributed by atoms with Gasteiger partial charge in [0.2, 0.25) is 11.8 Å². The summed E-state index contributed by atoms with van der Waals surface area (Å²) in [7, 11) is 0. The van der Waals surface area contributed by atoms with E-state index in [4.69, 9.17) is 5.11 Å². The van der Waals surface area contributed by atoms with Gasteiger partial charge >= 0.3 is 0 Å². The fourth-order valence-corrected chi connectivity index (χ4v) is 1.69. The summed E-state index contributed by atoms with van der Waals surface area (Å²) in [6.45, 7) is 3.07. The first-order valence-electron chi connectivity index (χ1n) is 5.34. The Hall–Kier alpha value is -1.10. The predicted molar refractivity (Wildman–Crippen MR) is 55.1 cm³/mol. The predicted octanol–water partition coefficient (Wildman–Crippen LogP) is -0.504. The van der Waals surface area contributed by atoms with Crippen molar-refractivity contribution < 1.29 is 14.7 Å². The molecule has 1 saturated heterocycles. The van der Waals surface area contributed by atoms with Crippen molar-refractivity contribution in [3.05, 3.63) is 0 Å². The van der Waals surface area contributed by atoms with Crippen LogP contribution in [-0.4, -0.2) is 47.6 Å². The summed E-state index contributed by atoms with van der Waals surface area (Å²) in [5, 5.41) is 11.1. The monoisotopic (exact) mass is 214 g/mol. The van der Waals surface area contributed by atoms with Gasteiger partial charge in [0.1, 0.15) is 6.04 Å². The third-order valence-corrected chi connectivity index (χ3v) is 2.50. The molecule has 0 aliphatic carbocycles. The van der Waals surface area contributed by atoms with Crippen LogP contribution in [0.3, 0.4) is 0 Å². The van der Waals surface area contributed by atoms with E-state index in [9.17, 15) is 9.59 Å². The molecule has 0 bridgehead atoms. The molecule has 0 saturated carbocycles. The minimum atomic E-state index is -0.484. The fraction of sp³-hybridized carbons (Fsp3) is 0.800. The maximum atomic E-state index is 11.7. The van der Waals surface area contributed by atoms with E-state index in [1.807, 2.05) is 0 Å². The number of carbonyl (C=O) groups excluding carboxylic acids is 2. The highest BCUT2D eigenvalue weighted by Gasteiger charge is 2.23. The highest BCUT2D eigenvalue weighted by molar-refractivity contribution is 5.87. The van der Waals surface area contributed by atoms with Gasteiger partial charge in [-0.05, 0) is 19.8 Å². The lowest BCUT2D eigenvalue weighted by Gasteiger charge is -2.20. The molecule has 1 fully saturated rings. The summed E-state index contributed by atoms with van der Waals surface area (Å²) in [5.74, 6) is -0.309. The van der Waals surface area contributed by atoms with Crippen molar-refractivity contribution in [3.63, 3.8) is 0 Å². The first-order valence-corrected chi connectivity index (χ1v) is 5.34. The zero-order valence-corrected chi connectivity index (χ0v) is 9.03. The number of nitrogens with zero attached hydrogens (tertiary/aromatic N) is 1. The van der Waals surface area contributed by atoms with Gasteiger partial charge in [-0.3, -0.25) is 9.59 Å². The molecular weight excluding hydrogens is 196 g/mol. The Kier molecular flexibility index (Phi) is 4.55. The molecule has 1 aliphatic heterocycles. The molecule has 0 aromatic rings. The largest absolute Gasteiger partial charge is 0.396 e. The van der Waals surface area contributed by atoms with Crippen LogP contribution >= 0.6 is 0 Å². The van der Waals surface area contributed by atoms with Crippen LogP contribution in [0.25, 0.3) is 0 Å². The van der Waals surface area contributed by atoms with E-state index in [1.165, 1.54) is 0 Å². The molecule has 0 radical (unpaired) electrons. The second-order valence-electron chi connectivity index (χ2n) is 3.80. The average Bonchev–Trinajstić information content (AvgIpc) is 2.69. The molecule has 0 spiro atoms. The quantitative estimate of drug-likeness (QED) is 0.662. The second kappa shape index (κ2) is 5.70. The average molecular weight is 214 g/mol. The topological polar surface area (TPSA) is 69.6 Å². The number of likely N-dealkylation sites (tertiary alicyclic amines) is 1. The molecular formula is C10H18N2O3. The van der Waals surface area contributed by atoms with Gasteiger partial charge < -0.3 is 15.3 Å². The van der Waals surface area contributed by atoms with E-state index in [0.29, 0.717) is 0 Å². The Morgan fingerprint density at radius 1 is 1.40 bits per heavy atom. The standard InChI is InChI=1S/C10H18N2O3/c1-8(11-9(14)4-7-13)10(15)12-5-2-3-6-12/h8,13H,2-7H2,1H3,(H,11,14)/t8-/m0/s1. The first kappa shape index (κ1) is 12.0. The third-order valence-electron chi connectivity index (χ3n) is 2.50.